The van der Waals surface area contributed by atoms with E-state index in [0.717, 1.165) is 13.0 Å². The first-order chi connectivity index (χ1) is 8.93. The second-order valence-corrected chi connectivity index (χ2v) is 6.42. The fraction of sp³-hybridized carbons (Fsp3) is 0.647. The fourth-order valence-corrected chi connectivity index (χ4v) is 2.62. The van der Waals surface area contributed by atoms with Gasteiger partial charge in [0.1, 0.15) is 0 Å². The van der Waals surface area contributed by atoms with Gasteiger partial charge in [-0.25, -0.2) is 0 Å². The third-order valence-electron chi connectivity index (χ3n) is 3.42. The lowest BCUT2D eigenvalue weighted by Gasteiger charge is -2.29. The van der Waals surface area contributed by atoms with E-state index >= 15 is 0 Å². The number of benzene rings is 1. The summed E-state index contributed by atoms with van der Waals surface area (Å²) in [6.45, 7) is 10.8. The Kier molecular flexibility index (Phi) is 6.53. The molecule has 0 saturated carbocycles. The summed E-state index contributed by atoms with van der Waals surface area (Å²) in [6.07, 6.45) is 1.15. The number of hydrogen-bond acceptors (Lipinski definition) is 2. The third kappa shape index (κ3) is 5.33. The van der Waals surface area contributed by atoms with Crippen LogP contribution in [0.15, 0.2) is 24.3 Å². The number of likely N-dealkylation sites (N-methyl/N-ethyl adjacent to an activating group) is 1. The molecule has 1 aromatic rings. The molecule has 0 aromatic heterocycles. The Balaban J connectivity index is 2.76. The summed E-state index contributed by atoms with van der Waals surface area (Å²) >= 11 is 0. The highest BCUT2D eigenvalue weighted by Crippen LogP contribution is 2.20. The van der Waals surface area contributed by atoms with Crippen molar-refractivity contribution in [2.24, 2.45) is 17.6 Å². The van der Waals surface area contributed by atoms with Crippen LogP contribution in [0.4, 0.5) is 0 Å². The van der Waals surface area contributed by atoms with Gasteiger partial charge in [0, 0.05) is 19.1 Å². The van der Waals surface area contributed by atoms with E-state index in [1.807, 2.05) is 0 Å². The van der Waals surface area contributed by atoms with E-state index in [-0.39, 0.29) is 0 Å². The van der Waals surface area contributed by atoms with E-state index < -0.39 is 0 Å². The maximum atomic E-state index is 5.96. The summed E-state index contributed by atoms with van der Waals surface area (Å²) in [4.78, 5) is 2.36. The van der Waals surface area contributed by atoms with Crippen LogP contribution in [0.1, 0.15) is 44.9 Å². The van der Waals surface area contributed by atoms with Crippen LogP contribution in [0.3, 0.4) is 0 Å². The van der Waals surface area contributed by atoms with Crippen LogP contribution < -0.4 is 5.73 Å². The van der Waals surface area contributed by atoms with E-state index in [9.17, 15) is 0 Å². The van der Waals surface area contributed by atoms with E-state index in [0.29, 0.717) is 24.4 Å². The maximum absolute atomic E-state index is 5.96. The van der Waals surface area contributed by atoms with Gasteiger partial charge in [0.15, 0.2) is 0 Å². The molecule has 0 spiro atoms. The minimum absolute atomic E-state index is 0.329. The van der Waals surface area contributed by atoms with Gasteiger partial charge in [0.25, 0.3) is 0 Å². The largest absolute Gasteiger partial charge is 0.329 e. The van der Waals surface area contributed by atoms with Crippen molar-refractivity contribution in [2.75, 3.05) is 20.1 Å². The Bertz CT molecular complexity index is 354. The molecular formula is C17H30N2. The molecule has 1 aromatic carbocycles. The van der Waals surface area contributed by atoms with Gasteiger partial charge in [0.2, 0.25) is 0 Å². The first-order valence-corrected chi connectivity index (χ1v) is 7.43. The summed E-state index contributed by atoms with van der Waals surface area (Å²) in [6, 6.07) is 9.32. The summed E-state index contributed by atoms with van der Waals surface area (Å²) in [5, 5.41) is 0. The highest BCUT2D eigenvalue weighted by atomic mass is 15.1. The van der Waals surface area contributed by atoms with Crippen molar-refractivity contribution in [3.05, 3.63) is 35.4 Å². The maximum Gasteiger partial charge on any atom is 0.0467 e. The van der Waals surface area contributed by atoms with Crippen molar-refractivity contribution in [1.82, 2.24) is 4.90 Å². The Morgan fingerprint density at radius 1 is 1.00 bits per heavy atom. The quantitative estimate of drug-likeness (QED) is 0.815. The smallest absolute Gasteiger partial charge is 0.0467 e. The van der Waals surface area contributed by atoms with Gasteiger partial charge in [-0.05, 0) is 36.4 Å². The highest BCUT2D eigenvalue weighted by Gasteiger charge is 2.16. The molecule has 1 rings (SSSR count). The van der Waals surface area contributed by atoms with Crippen molar-refractivity contribution in [3.8, 4) is 0 Å². The number of hydrogen-bond donors (Lipinski definition) is 1. The molecular weight excluding hydrogens is 232 g/mol. The molecule has 0 fully saturated rings. The lowest BCUT2D eigenvalue weighted by atomic mass is 9.98. The molecule has 19 heavy (non-hydrogen) atoms. The van der Waals surface area contributed by atoms with Gasteiger partial charge in [0.05, 0.1) is 0 Å². The predicted octanol–water partition coefficient (Wildman–Crippen LogP) is 3.47. The van der Waals surface area contributed by atoms with Crippen molar-refractivity contribution in [3.63, 3.8) is 0 Å². The standard InChI is InChI=1S/C17H30N2/c1-13(2)10-15-6-8-16(9-7-15)17(11-18)19(5)12-14(3)4/h6-9,13-14,17H,10-12,18H2,1-5H3. The average Bonchev–Trinajstić information content (AvgIpc) is 2.30. The molecule has 108 valence electrons. The average molecular weight is 262 g/mol. The minimum atomic E-state index is 0.329. The van der Waals surface area contributed by atoms with Crippen molar-refractivity contribution < 1.29 is 0 Å². The molecule has 0 amide bonds. The van der Waals surface area contributed by atoms with Gasteiger partial charge < -0.3 is 5.73 Å². The van der Waals surface area contributed by atoms with Crippen LogP contribution in [0, 0.1) is 11.8 Å². The van der Waals surface area contributed by atoms with Crippen LogP contribution in [0.2, 0.25) is 0 Å². The monoisotopic (exact) mass is 262 g/mol. The summed E-state index contributed by atoms with van der Waals surface area (Å²) in [5.74, 6) is 1.37. The molecule has 0 heterocycles. The molecule has 0 aliphatic heterocycles. The van der Waals surface area contributed by atoms with Crippen molar-refractivity contribution in [1.29, 1.82) is 0 Å². The fourth-order valence-electron chi connectivity index (χ4n) is 2.62. The normalized spacial score (nSPS) is 13.5. The highest BCUT2D eigenvalue weighted by molar-refractivity contribution is 5.25. The van der Waals surface area contributed by atoms with Gasteiger partial charge in [-0.3, -0.25) is 4.90 Å². The summed E-state index contributed by atoms with van der Waals surface area (Å²) in [5.41, 5.74) is 8.71. The van der Waals surface area contributed by atoms with Gasteiger partial charge in [-0.1, -0.05) is 52.0 Å². The van der Waals surface area contributed by atoms with E-state index in [4.69, 9.17) is 5.73 Å². The third-order valence-corrected chi connectivity index (χ3v) is 3.42. The molecule has 2 nitrogen and oxygen atoms in total. The van der Waals surface area contributed by atoms with Crippen LogP contribution in [0.5, 0.6) is 0 Å². The SMILES string of the molecule is CC(C)Cc1ccc(C(CN)N(C)CC(C)C)cc1. The van der Waals surface area contributed by atoms with Gasteiger partial charge in [-0.2, -0.15) is 0 Å². The Morgan fingerprint density at radius 2 is 1.58 bits per heavy atom. The lowest BCUT2D eigenvalue weighted by Crippen LogP contribution is -2.33. The van der Waals surface area contributed by atoms with E-state index in [1.165, 1.54) is 11.1 Å². The molecule has 0 aliphatic carbocycles. The van der Waals surface area contributed by atoms with Crippen molar-refractivity contribution >= 4 is 0 Å². The molecule has 0 aliphatic rings. The molecule has 1 atom stereocenters. The van der Waals surface area contributed by atoms with E-state index in [2.05, 4.69) is 63.9 Å². The summed E-state index contributed by atoms with van der Waals surface area (Å²) < 4.78 is 0. The lowest BCUT2D eigenvalue weighted by molar-refractivity contribution is 0.223. The van der Waals surface area contributed by atoms with Gasteiger partial charge >= 0.3 is 0 Å². The molecule has 0 bridgehead atoms. The number of rotatable bonds is 7. The predicted molar refractivity (Wildman–Crippen MR) is 84.2 cm³/mol. The molecule has 2 N–H and O–H groups in total. The van der Waals surface area contributed by atoms with Crippen LogP contribution in [-0.4, -0.2) is 25.0 Å². The molecule has 2 heteroatoms. The van der Waals surface area contributed by atoms with Gasteiger partial charge in [-0.15, -0.1) is 0 Å². The first kappa shape index (κ1) is 16.2. The van der Waals surface area contributed by atoms with Crippen LogP contribution in [0.25, 0.3) is 0 Å². The molecule has 0 radical (unpaired) electrons. The summed E-state index contributed by atoms with van der Waals surface area (Å²) in [7, 11) is 2.17. The Morgan fingerprint density at radius 3 is 2.00 bits per heavy atom. The van der Waals surface area contributed by atoms with Crippen LogP contribution >= 0.6 is 0 Å². The zero-order valence-electron chi connectivity index (χ0n) is 13.2. The Labute approximate surface area is 119 Å². The second kappa shape index (κ2) is 7.66. The zero-order valence-corrected chi connectivity index (χ0v) is 13.2. The van der Waals surface area contributed by atoms with Crippen molar-refractivity contribution in [2.45, 2.75) is 40.2 Å². The van der Waals surface area contributed by atoms with E-state index in [1.54, 1.807) is 0 Å². The number of nitrogens with zero attached hydrogens (tertiary/aromatic N) is 1. The second-order valence-electron chi connectivity index (χ2n) is 6.42. The van der Waals surface area contributed by atoms with Crippen LogP contribution in [-0.2, 0) is 6.42 Å². The molecule has 1 unspecified atom stereocenters. The first-order valence-electron chi connectivity index (χ1n) is 7.43. The topological polar surface area (TPSA) is 29.3 Å². The number of nitrogens with two attached hydrogens (primary N) is 1. The minimum Gasteiger partial charge on any atom is -0.329 e. The zero-order chi connectivity index (χ0) is 14.4. The Hall–Kier alpha value is -0.860. The molecule has 0 saturated heterocycles.